The van der Waals surface area contributed by atoms with Crippen LogP contribution in [0.5, 0.6) is 0 Å². The summed E-state index contributed by atoms with van der Waals surface area (Å²) in [6, 6.07) is 5.68. The highest BCUT2D eigenvalue weighted by atomic mass is 16.5. The van der Waals surface area contributed by atoms with Crippen LogP contribution in [0.2, 0.25) is 0 Å². The molecule has 6 nitrogen and oxygen atoms in total. The van der Waals surface area contributed by atoms with Gasteiger partial charge in [-0.15, -0.1) is 0 Å². The molecule has 0 bridgehead atoms. The van der Waals surface area contributed by atoms with Gasteiger partial charge in [-0.1, -0.05) is 6.07 Å². The van der Waals surface area contributed by atoms with Crippen LogP contribution in [0, 0.1) is 5.92 Å². The van der Waals surface area contributed by atoms with Crippen LogP contribution in [0.1, 0.15) is 31.4 Å². The third kappa shape index (κ3) is 2.90. The highest BCUT2D eigenvalue weighted by molar-refractivity contribution is 5.89. The van der Waals surface area contributed by atoms with E-state index in [0.29, 0.717) is 19.5 Å². The number of rotatable bonds is 3. The molecule has 1 spiro atoms. The Balaban J connectivity index is 1.33. The van der Waals surface area contributed by atoms with Crippen molar-refractivity contribution in [2.24, 2.45) is 5.92 Å². The van der Waals surface area contributed by atoms with Crippen LogP contribution < -0.4 is 0 Å². The Morgan fingerprint density at radius 2 is 2.08 bits per heavy atom. The lowest BCUT2D eigenvalue weighted by Crippen LogP contribution is -2.54. The average Bonchev–Trinajstić information content (AvgIpc) is 2.95. The van der Waals surface area contributed by atoms with Gasteiger partial charge in [-0.05, 0) is 31.4 Å². The van der Waals surface area contributed by atoms with Gasteiger partial charge in [0.15, 0.2) is 0 Å². The topological polar surface area (TPSA) is 62.7 Å². The minimum atomic E-state index is -0.211. The molecule has 0 aliphatic carbocycles. The molecule has 3 aliphatic heterocycles. The SMILES string of the molecule is O=C1CC(C(=O)N2CCC3(CCO3)CC2)CN1Cc1ccccn1. The fraction of sp³-hybridized carbons (Fsp3) is 0.611. The molecule has 1 aromatic rings. The van der Waals surface area contributed by atoms with Crippen LogP contribution in [0.3, 0.4) is 0 Å². The third-order valence-corrected chi connectivity index (χ3v) is 5.60. The maximum absolute atomic E-state index is 12.8. The van der Waals surface area contributed by atoms with E-state index in [0.717, 1.165) is 44.7 Å². The third-order valence-electron chi connectivity index (χ3n) is 5.60. The molecule has 3 saturated heterocycles. The van der Waals surface area contributed by atoms with Crippen LogP contribution in [0.25, 0.3) is 0 Å². The maximum atomic E-state index is 12.8. The van der Waals surface area contributed by atoms with Gasteiger partial charge in [0.1, 0.15) is 0 Å². The number of pyridine rings is 1. The summed E-state index contributed by atoms with van der Waals surface area (Å²) in [6.45, 7) is 3.36. The number of ether oxygens (including phenoxy) is 1. The predicted molar refractivity (Wildman–Crippen MR) is 86.9 cm³/mol. The van der Waals surface area contributed by atoms with E-state index in [2.05, 4.69) is 4.98 Å². The molecule has 4 rings (SSSR count). The largest absolute Gasteiger partial charge is 0.375 e. The van der Waals surface area contributed by atoms with Gasteiger partial charge < -0.3 is 14.5 Å². The monoisotopic (exact) mass is 329 g/mol. The summed E-state index contributed by atoms with van der Waals surface area (Å²) < 4.78 is 5.71. The van der Waals surface area contributed by atoms with Crippen molar-refractivity contribution < 1.29 is 14.3 Å². The Morgan fingerprint density at radius 3 is 2.71 bits per heavy atom. The lowest BCUT2D eigenvalue weighted by Gasteiger charge is -2.47. The van der Waals surface area contributed by atoms with E-state index in [1.54, 1.807) is 11.1 Å². The van der Waals surface area contributed by atoms with E-state index < -0.39 is 0 Å². The Hall–Kier alpha value is -1.95. The van der Waals surface area contributed by atoms with E-state index in [9.17, 15) is 9.59 Å². The maximum Gasteiger partial charge on any atom is 0.227 e. The van der Waals surface area contributed by atoms with Crippen molar-refractivity contribution in [1.29, 1.82) is 0 Å². The normalized spacial score (nSPS) is 25.8. The number of carbonyl (C=O) groups is 2. The van der Waals surface area contributed by atoms with Gasteiger partial charge in [0, 0.05) is 32.3 Å². The second-order valence-corrected chi connectivity index (χ2v) is 7.10. The summed E-state index contributed by atoms with van der Waals surface area (Å²) in [4.78, 5) is 32.9. The van der Waals surface area contributed by atoms with E-state index in [1.807, 2.05) is 23.1 Å². The molecule has 4 heterocycles. The first-order valence-corrected chi connectivity index (χ1v) is 8.76. The standard InChI is InChI=1S/C18H23N3O3/c22-16-11-14(12-21(16)13-15-3-1-2-7-19-15)17(23)20-8-4-18(5-9-20)6-10-24-18/h1-3,7,14H,4-6,8-13H2. The smallest absolute Gasteiger partial charge is 0.227 e. The molecule has 2 amide bonds. The average molecular weight is 329 g/mol. The molecule has 1 unspecified atom stereocenters. The summed E-state index contributed by atoms with van der Waals surface area (Å²) in [5.74, 6) is -0.0339. The fourth-order valence-corrected chi connectivity index (χ4v) is 3.96. The molecular formula is C18H23N3O3. The van der Waals surface area contributed by atoms with Crippen molar-refractivity contribution in [3.05, 3.63) is 30.1 Å². The molecule has 1 atom stereocenters. The second-order valence-electron chi connectivity index (χ2n) is 7.10. The van der Waals surface area contributed by atoms with Gasteiger partial charge in [-0.25, -0.2) is 0 Å². The Morgan fingerprint density at radius 1 is 1.29 bits per heavy atom. The van der Waals surface area contributed by atoms with Crippen molar-refractivity contribution >= 4 is 11.8 Å². The van der Waals surface area contributed by atoms with Crippen molar-refractivity contribution in [2.45, 2.75) is 37.8 Å². The van der Waals surface area contributed by atoms with E-state index >= 15 is 0 Å². The van der Waals surface area contributed by atoms with Crippen molar-refractivity contribution in [3.8, 4) is 0 Å². The van der Waals surface area contributed by atoms with E-state index in [4.69, 9.17) is 4.74 Å². The Bertz CT molecular complexity index is 620. The summed E-state index contributed by atoms with van der Waals surface area (Å²) in [7, 11) is 0. The number of hydrogen-bond acceptors (Lipinski definition) is 4. The van der Waals surface area contributed by atoms with Crippen LogP contribution >= 0.6 is 0 Å². The summed E-state index contributed by atoms with van der Waals surface area (Å²) in [5, 5.41) is 0. The number of piperidine rings is 1. The number of aromatic nitrogens is 1. The van der Waals surface area contributed by atoms with Crippen LogP contribution in [0.15, 0.2) is 24.4 Å². The zero-order valence-electron chi connectivity index (χ0n) is 13.8. The van der Waals surface area contributed by atoms with Crippen molar-refractivity contribution in [1.82, 2.24) is 14.8 Å². The number of amides is 2. The second kappa shape index (κ2) is 6.16. The zero-order valence-corrected chi connectivity index (χ0v) is 13.8. The van der Waals surface area contributed by atoms with Gasteiger partial charge in [0.25, 0.3) is 0 Å². The molecular weight excluding hydrogens is 306 g/mol. The molecule has 24 heavy (non-hydrogen) atoms. The quantitative estimate of drug-likeness (QED) is 0.836. The molecule has 1 aromatic heterocycles. The molecule has 0 N–H and O–H groups in total. The Kier molecular flexibility index (Phi) is 4.00. The van der Waals surface area contributed by atoms with Gasteiger partial charge in [-0.2, -0.15) is 0 Å². The number of nitrogens with zero attached hydrogens (tertiary/aromatic N) is 3. The van der Waals surface area contributed by atoms with Gasteiger partial charge in [0.2, 0.25) is 11.8 Å². The first kappa shape index (κ1) is 15.6. The highest BCUT2D eigenvalue weighted by Gasteiger charge is 2.44. The minimum Gasteiger partial charge on any atom is -0.375 e. The van der Waals surface area contributed by atoms with Crippen LogP contribution in [-0.4, -0.2) is 58.4 Å². The number of carbonyl (C=O) groups excluding carboxylic acids is 2. The summed E-state index contributed by atoms with van der Waals surface area (Å²) in [6.07, 6.45) is 5.03. The molecule has 3 fully saturated rings. The Labute approximate surface area is 141 Å². The molecule has 128 valence electrons. The summed E-state index contributed by atoms with van der Waals surface area (Å²) >= 11 is 0. The van der Waals surface area contributed by atoms with E-state index in [-0.39, 0.29) is 23.3 Å². The molecule has 0 saturated carbocycles. The van der Waals surface area contributed by atoms with Gasteiger partial charge >= 0.3 is 0 Å². The van der Waals surface area contributed by atoms with Crippen molar-refractivity contribution in [2.75, 3.05) is 26.2 Å². The molecule has 0 aromatic carbocycles. The first-order chi connectivity index (χ1) is 11.7. The minimum absolute atomic E-state index is 0.0489. The molecule has 3 aliphatic rings. The van der Waals surface area contributed by atoms with Crippen LogP contribution in [0.4, 0.5) is 0 Å². The predicted octanol–water partition coefficient (Wildman–Crippen LogP) is 1.21. The number of hydrogen-bond donors (Lipinski definition) is 0. The van der Waals surface area contributed by atoms with Crippen LogP contribution in [-0.2, 0) is 20.9 Å². The number of likely N-dealkylation sites (tertiary alicyclic amines) is 2. The van der Waals surface area contributed by atoms with E-state index in [1.165, 1.54) is 0 Å². The van der Waals surface area contributed by atoms with Crippen molar-refractivity contribution in [3.63, 3.8) is 0 Å². The lowest BCUT2D eigenvalue weighted by molar-refractivity contribution is -0.177. The molecule has 6 heteroatoms. The zero-order chi connectivity index (χ0) is 16.6. The molecule has 0 radical (unpaired) electrons. The van der Waals surface area contributed by atoms with Gasteiger partial charge in [0.05, 0.1) is 30.4 Å². The van der Waals surface area contributed by atoms with Gasteiger partial charge in [-0.3, -0.25) is 14.6 Å². The summed E-state index contributed by atoms with van der Waals surface area (Å²) in [5.41, 5.74) is 0.911. The first-order valence-electron chi connectivity index (χ1n) is 8.76. The highest BCUT2D eigenvalue weighted by Crippen LogP contribution is 2.37. The lowest BCUT2D eigenvalue weighted by atomic mass is 9.84. The fourth-order valence-electron chi connectivity index (χ4n) is 3.96.